The van der Waals surface area contributed by atoms with Crippen LogP contribution in [0.3, 0.4) is 0 Å². The largest absolute Gasteiger partial charge is 0.458 e. The van der Waals surface area contributed by atoms with E-state index in [2.05, 4.69) is 20.8 Å². The molecule has 0 saturated heterocycles. The molecule has 7 nitrogen and oxygen atoms in total. The first-order valence-corrected chi connectivity index (χ1v) is 13.3. The molecule has 2 N–H and O–H groups in total. The second kappa shape index (κ2) is 11.6. The minimum atomic E-state index is -1.50. The van der Waals surface area contributed by atoms with Crippen molar-refractivity contribution in [2.24, 2.45) is 5.41 Å². The minimum absolute atomic E-state index is 0. The third-order valence-electron chi connectivity index (χ3n) is 8.01. The van der Waals surface area contributed by atoms with Gasteiger partial charge in [0.15, 0.2) is 6.10 Å². The second-order valence-electron chi connectivity index (χ2n) is 10.9. The van der Waals surface area contributed by atoms with Crippen LogP contribution in [-0.4, -0.2) is 32.8 Å². The number of hydrogen-bond acceptors (Lipinski definition) is 6. The Labute approximate surface area is 242 Å². The van der Waals surface area contributed by atoms with Gasteiger partial charge in [-0.25, -0.2) is 14.2 Å². The first-order chi connectivity index (χ1) is 18.1. The van der Waals surface area contributed by atoms with Gasteiger partial charge in [-0.2, -0.15) is 0 Å². The van der Waals surface area contributed by atoms with Crippen LogP contribution in [-0.2, 0) is 50.2 Å². The van der Waals surface area contributed by atoms with Crippen molar-refractivity contribution in [1.82, 2.24) is 9.55 Å². The molecule has 4 heterocycles. The van der Waals surface area contributed by atoms with Crippen LogP contribution >= 0.6 is 0 Å². The number of aromatic nitrogens is 2. The Morgan fingerprint density at radius 1 is 1.13 bits per heavy atom. The van der Waals surface area contributed by atoms with Gasteiger partial charge in [0.25, 0.3) is 5.56 Å². The number of nitrogens with zero attached hydrogens (tertiary/aromatic N) is 2. The van der Waals surface area contributed by atoms with Crippen molar-refractivity contribution >= 4 is 16.9 Å². The molecule has 1 aliphatic carbocycles. The van der Waals surface area contributed by atoms with Crippen molar-refractivity contribution in [2.45, 2.75) is 86.0 Å². The Bertz CT molecular complexity index is 1500. The van der Waals surface area contributed by atoms with E-state index in [0.29, 0.717) is 34.6 Å². The van der Waals surface area contributed by atoms with Crippen LogP contribution in [0.4, 0.5) is 4.39 Å². The summed E-state index contributed by atoms with van der Waals surface area (Å²) in [5, 5.41) is 18.4. The van der Waals surface area contributed by atoms with Gasteiger partial charge in [0.05, 0.1) is 29.0 Å². The zero-order valence-corrected chi connectivity index (χ0v) is 26.6. The number of fused-ring (bicyclic) bond motifs is 5. The zero-order chi connectivity index (χ0) is 28.1. The minimum Gasteiger partial charge on any atom is -0.458 e. The molecule has 2 aliphatic heterocycles. The maximum Gasteiger partial charge on any atom is 0.340 e. The number of rotatable bonds is 0. The normalized spacial score (nSPS) is 19.9. The average Bonchev–Trinajstić information content (AvgIpc) is 3.27. The molecule has 39 heavy (non-hydrogen) atoms. The number of pyridine rings is 2. The summed E-state index contributed by atoms with van der Waals surface area (Å²) in [6, 6.07) is 3.19. The molecule has 0 amide bonds. The molecule has 3 aromatic rings. The quantitative estimate of drug-likeness (QED) is 0.248. The smallest absolute Gasteiger partial charge is 0.340 e. The van der Waals surface area contributed by atoms with Crippen molar-refractivity contribution in [2.75, 3.05) is 7.11 Å². The van der Waals surface area contributed by atoms with Crippen LogP contribution in [0.2, 0.25) is 0 Å². The van der Waals surface area contributed by atoms with Gasteiger partial charge in [0, 0.05) is 50.8 Å². The number of aliphatic hydroxyl groups is 2. The number of cyclic esters (lactones) is 1. The predicted octanol–water partition coefficient (Wildman–Crippen LogP) is 5.06. The molecule has 9 heteroatoms. The SMILES string of the molecule is CC.CO.Cc1c(F)cc2nc3c(c4c2c1C(C)CCC(C)(C)C4)Cn1c-3cc2c(c1=O)COC(=O)C2O.[W]. The standard InChI is InChI=1S/C27H27FN2O4.C2H6.CH4O.W/c1-12-5-6-27(3,4)9-15-16-10-30-20(7-14-17(25(30)32)11-34-26(33)24(14)31)23(16)29-19-8-18(28)13(2)21(12)22(15)19;2*1-2;/h7-8,12,24,31H,5-6,9-11H2,1-4H3;1-2H3;2H,1H3;. The monoisotopic (exact) mass is 708 g/mol. The number of carbonyl (C=O) groups is 1. The Morgan fingerprint density at radius 3 is 2.46 bits per heavy atom. The van der Waals surface area contributed by atoms with E-state index in [9.17, 15) is 14.7 Å². The van der Waals surface area contributed by atoms with Crippen LogP contribution in [0.15, 0.2) is 16.9 Å². The summed E-state index contributed by atoms with van der Waals surface area (Å²) in [6.45, 7) is 12.7. The average molecular weight is 708 g/mol. The van der Waals surface area contributed by atoms with E-state index in [4.69, 9.17) is 14.8 Å². The van der Waals surface area contributed by atoms with Crippen molar-refractivity contribution in [3.63, 3.8) is 0 Å². The third kappa shape index (κ3) is 5.00. The van der Waals surface area contributed by atoms with Gasteiger partial charge in [-0.05, 0) is 60.3 Å². The summed E-state index contributed by atoms with van der Waals surface area (Å²) in [5.41, 5.74) is 5.90. The van der Waals surface area contributed by atoms with Crippen LogP contribution < -0.4 is 5.56 Å². The van der Waals surface area contributed by atoms with E-state index in [0.717, 1.165) is 48.4 Å². The van der Waals surface area contributed by atoms with E-state index in [-0.39, 0.29) is 55.9 Å². The van der Waals surface area contributed by atoms with Crippen LogP contribution in [0.5, 0.6) is 0 Å². The first kappa shape index (κ1) is 31.1. The van der Waals surface area contributed by atoms with Gasteiger partial charge in [-0.3, -0.25) is 4.79 Å². The number of halogens is 1. The van der Waals surface area contributed by atoms with Crippen molar-refractivity contribution in [1.29, 1.82) is 0 Å². The van der Waals surface area contributed by atoms with E-state index < -0.39 is 12.1 Å². The zero-order valence-electron chi connectivity index (χ0n) is 23.6. The molecule has 2 unspecified atom stereocenters. The molecule has 6 rings (SSSR count). The summed E-state index contributed by atoms with van der Waals surface area (Å²) in [4.78, 5) is 30.2. The van der Waals surface area contributed by atoms with Gasteiger partial charge in [0.2, 0.25) is 0 Å². The molecule has 2 atom stereocenters. The molecule has 0 saturated carbocycles. The van der Waals surface area contributed by atoms with E-state index in [1.807, 2.05) is 20.8 Å². The van der Waals surface area contributed by atoms with Crippen LogP contribution in [0.1, 0.15) is 92.9 Å². The van der Waals surface area contributed by atoms with Crippen LogP contribution in [0.25, 0.3) is 22.3 Å². The molecule has 2 aromatic heterocycles. The number of carbonyl (C=O) groups excluding carboxylic acids is 1. The predicted molar refractivity (Wildman–Crippen MR) is 145 cm³/mol. The van der Waals surface area contributed by atoms with E-state index in [1.165, 1.54) is 6.07 Å². The van der Waals surface area contributed by atoms with E-state index >= 15 is 4.39 Å². The van der Waals surface area contributed by atoms with Crippen molar-refractivity contribution in [3.8, 4) is 11.4 Å². The second-order valence-corrected chi connectivity index (χ2v) is 10.9. The fourth-order valence-electron chi connectivity index (χ4n) is 6.11. The topological polar surface area (TPSA) is 102 Å². The Kier molecular flexibility index (Phi) is 9.25. The van der Waals surface area contributed by atoms with Gasteiger partial charge < -0.3 is 19.5 Å². The van der Waals surface area contributed by atoms with Crippen molar-refractivity contribution in [3.05, 3.63) is 61.7 Å². The molecule has 0 spiro atoms. The fourth-order valence-corrected chi connectivity index (χ4v) is 6.11. The molecule has 3 aliphatic rings. The molecule has 0 fully saturated rings. The van der Waals surface area contributed by atoms with Gasteiger partial charge >= 0.3 is 5.97 Å². The van der Waals surface area contributed by atoms with E-state index in [1.54, 1.807) is 10.6 Å². The first-order valence-electron chi connectivity index (χ1n) is 13.3. The molecular weight excluding hydrogens is 671 g/mol. The number of hydrogen-bond donors (Lipinski definition) is 2. The Hall–Kier alpha value is -2.41. The van der Waals surface area contributed by atoms with Crippen molar-refractivity contribution < 1.29 is 45.2 Å². The molecular formula is C30H37FN2O5W. The summed E-state index contributed by atoms with van der Waals surface area (Å²) >= 11 is 0. The van der Waals surface area contributed by atoms with Crippen LogP contribution in [0, 0.1) is 18.2 Å². The van der Waals surface area contributed by atoms with Gasteiger partial charge in [-0.1, -0.05) is 34.6 Å². The Balaban J connectivity index is 0.000000805. The third-order valence-corrected chi connectivity index (χ3v) is 8.01. The molecule has 210 valence electrons. The fraction of sp³-hybridized carbons (Fsp3) is 0.500. The Morgan fingerprint density at radius 2 is 1.79 bits per heavy atom. The molecule has 0 bridgehead atoms. The summed E-state index contributed by atoms with van der Waals surface area (Å²) in [5.74, 6) is -0.845. The summed E-state index contributed by atoms with van der Waals surface area (Å²) in [7, 11) is 1.00. The summed E-state index contributed by atoms with van der Waals surface area (Å²) in [6.07, 6.45) is 1.28. The molecule has 1 aromatic carbocycles. The number of esters is 1. The van der Waals surface area contributed by atoms with Gasteiger partial charge in [-0.15, -0.1) is 0 Å². The number of ether oxygens (including phenoxy) is 1. The van der Waals surface area contributed by atoms with Gasteiger partial charge in [0.1, 0.15) is 12.4 Å². The molecule has 0 radical (unpaired) electrons. The summed E-state index contributed by atoms with van der Waals surface area (Å²) < 4.78 is 21.7. The number of benzene rings is 1. The maximum absolute atomic E-state index is 15.1. The maximum atomic E-state index is 15.1. The number of aliphatic hydroxyl groups excluding tert-OH is 2.